The van der Waals surface area contributed by atoms with Gasteiger partial charge in [0, 0.05) is 23.5 Å². The number of anilines is 1. The summed E-state index contributed by atoms with van der Waals surface area (Å²) in [4.78, 5) is 12.1. The normalized spacial score (nSPS) is 10.6. The Kier molecular flexibility index (Phi) is 6.23. The molecule has 1 amide bonds. The van der Waals surface area contributed by atoms with Gasteiger partial charge in [-0.2, -0.15) is 5.26 Å². The zero-order chi connectivity index (χ0) is 17.4. The molecule has 0 radical (unpaired) electrons. The van der Waals surface area contributed by atoms with E-state index in [1.165, 1.54) is 6.20 Å². The lowest BCUT2D eigenvalue weighted by atomic mass is 10.2. The number of hydrogen-bond donors (Lipinski definition) is 2. The van der Waals surface area contributed by atoms with Crippen molar-refractivity contribution in [1.29, 1.82) is 5.26 Å². The molecule has 6 heteroatoms. The highest BCUT2D eigenvalue weighted by molar-refractivity contribution is 6.30. The van der Waals surface area contributed by atoms with Crippen LogP contribution in [0.15, 0.2) is 60.3 Å². The lowest BCUT2D eigenvalue weighted by molar-refractivity contribution is -0.112. The first kappa shape index (κ1) is 17.4. The molecule has 0 unspecified atom stereocenters. The van der Waals surface area contributed by atoms with Gasteiger partial charge in [-0.3, -0.25) is 4.79 Å². The Morgan fingerprint density at radius 3 is 2.67 bits per heavy atom. The van der Waals surface area contributed by atoms with Crippen LogP contribution in [0.4, 0.5) is 5.69 Å². The highest BCUT2D eigenvalue weighted by Crippen LogP contribution is 2.15. The molecule has 122 valence electrons. The minimum Gasteiger partial charge on any atom is -0.497 e. The number of nitriles is 1. The largest absolute Gasteiger partial charge is 0.497 e. The molecule has 0 aliphatic rings. The molecule has 0 aromatic heterocycles. The van der Waals surface area contributed by atoms with Gasteiger partial charge in [0.1, 0.15) is 17.4 Å². The summed E-state index contributed by atoms with van der Waals surface area (Å²) >= 11 is 5.91. The predicted octanol–water partition coefficient (Wildman–Crippen LogP) is 3.48. The molecule has 2 aromatic carbocycles. The first-order valence-corrected chi connectivity index (χ1v) is 7.53. The van der Waals surface area contributed by atoms with Crippen molar-refractivity contribution in [2.75, 3.05) is 12.4 Å². The van der Waals surface area contributed by atoms with Crippen molar-refractivity contribution in [1.82, 2.24) is 5.32 Å². The average Bonchev–Trinajstić information content (AvgIpc) is 2.59. The van der Waals surface area contributed by atoms with E-state index < -0.39 is 5.91 Å². The first-order chi connectivity index (χ1) is 11.6. The Morgan fingerprint density at radius 2 is 2.04 bits per heavy atom. The van der Waals surface area contributed by atoms with E-state index in [9.17, 15) is 4.79 Å². The second-order valence-corrected chi connectivity index (χ2v) is 5.30. The lowest BCUT2D eigenvalue weighted by Crippen LogP contribution is -2.16. The summed E-state index contributed by atoms with van der Waals surface area (Å²) in [6.45, 7) is 0.460. The smallest absolute Gasteiger partial charge is 0.267 e. The number of ether oxygens (including phenoxy) is 1. The number of benzene rings is 2. The number of halogens is 1. The van der Waals surface area contributed by atoms with E-state index in [2.05, 4.69) is 10.6 Å². The number of hydrogen-bond acceptors (Lipinski definition) is 4. The van der Waals surface area contributed by atoms with Gasteiger partial charge in [-0.25, -0.2) is 0 Å². The van der Waals surface area contributed by atoms with Crippen LogP contribution in [0.3, 0.4) is 0 Å². The lowest BCUT2D eigenvalue weighted by Gasteiger charge is -2.06. The Hall–Kier alpha value is -2.97. The molecule has 2 aromatic rings. The Labute approximate surface area is 145 Å². The van der Waals surface area contributed by atoms with Gasteiger partial charge in [0.2, 0.25) is 0 Å². The number of carbonyl (C=O) groups is 1. The van der Waals surface area contributed by atoms with E-state index in [0.717, 1.165) is 5.56 Å². The van der Waals surface area contributed by atoms with E-state index in [1.54, 1.807) is 37.4 Å². The maximum Gasteiger partial charge on any atom is 0.267 e. The second kappa shape index (κ2) is 8.61. The highest BCUT2D eigenvalue weighted by atomic mass is 35.5. The number of amides is 1. The zero-order valence-corrected chi connectivity index (χ0v) is 13.8. The molecular formula is C18H16ClN3O2. The molecular weight excluding hydrogens is 326 g/mol. The van der Waals surface area contributed by atoms with Crippen molar-refractivity contribution >= 4 is 23.2 Å². The first-order valence-electron chi connectivity index (χ1n) is 7.16. The third kappa shape index (κ3) is 5.04. The monoisotopic (exact) mass is 341 g/mol. The molecule has 0 spiro atoms. The molecule has 0 bridgehead atoms. The van der Waals surface area contributed by atoms with E-state index in [1.807, 2.05) is 24.3 Å². The molecule has 0 aliphatic heterocycles. The fraction of sp³-hybridized carbons (Fsp3) is 0.111. The summed E-state index contributed by atoms with van der Waals surface area (Å²) in [6.07, 6.45) is 1.39. The Bertz CT molecular complexity index is 780. The van der Waals surface area contributed by atoms with Gasteiger partial charge in [-0.15, -0.1) is 0 Å². The van der Waals surface area contributed by atoms with Gasteiger partial charge < -0.3 is 15.4 Å². The summed E-state index contributed by atoms with van der Waals surface area (Å²) in [5.74, 6) is 0.202. The van der Waals surface area contributed by atoms with Crippen molar-refractivity contribution < 1.29 is 9.53 Å². The van der Waals surface area contributed by atoms with Crippen LogP contribution in [-0.2, 0) is 11.3 Å². The van der Waals surface area contributed by atoms with Crippen molar-refractivity contribution in [3.05, 3.63) is 70.9 Å². The minimum absolute atomic E-state index is 0.0205. The topological polar surface area (TPSA) is 74.1 Å². The third-order valence-corrected chi connectivity index (χ3v) is 3.39. The molecule has 0 saturated heterocycles. The van der Waals surface area contributed by atoms with Crippen molar-refractivity contribution in [2.24, 2.45) is 0 Å². The summed E-state index contributed by atoms with van der Waals surface area (Å²) in [5, 5.41) is 15.4. The van der Waals surface area contributed by atoms with Crippen LogP contribution >= 0.6 is 11.6 Å². The number of rotatable bonds is 6. The molecule has 2 rings (SSSR count). The zero-order valence-electron chi connectivity index (χ0n) is 13.0. The van der Waals surface area contributed by atoms with E-state index in [-0.39, 0.29) is 5.57 Å². The molecule has 0 fully saturated rings. The summed E-state index contributed by atoms with van der Waals surface area (Å²) in [6, 6.07) is 16.1. The third-order valence-electron chi connectivity index (χ3n) is 3.15. The summed E-state index contributed by atoms with van der Waals surface area (Å²) < 4.78 is 5.05. The number of carbonyl (C=O) groups excluding carboxylic acids is 1. The van der Waals surface area contributed by atoms with E-state index in [0.29, 0.717) is 23.0 Å². The number of methoxy groups -OCH3 is 1. The van der Waals surface area contributed by atoms with Crippen molar-refractivity contribution in [3.63, 3.8) is 0 Å². The maximum absolute atomic E-state index is 12.1. The van der Waals surface area contributed by atoms with Gasteiger partial charge in [0.25, 0.3) is 5.91 Å². The van der Waals surface area contributed by atoms with Crippen LogP contribution < -0.4 is 15.4 Å². The fourth-order valence-electron chi connectivity index (χ4n) is 1.94. The van der Waals surface area contributed by atoms with Crippen molar-refractivity contribution in [3.8, 4) is 11.8 Å². The molecule has 2 N–H and O–H groups in total. The SMILES string of the molecule is COc1ccc(NC(=O)/C(C#N)=C\NCc2cccc(Cl)c2)cc1. The quantitative estimate of drug-likeness (QED) is 0.623. The molecule has 0 aliphatic carbocycles. The van der Waals surface area contributed by atoms with Crippen LogP contribution in [0.1, 0.15) is 5.56 Å². The van der Waals surface area contributed by atoms with Gasteiger partial charge >= 0.3 is 0 Å². The maximum atomic E-state index is 12.1. The average molecular weight is 342 g/mol. The molecule has 0 saturated carbocycles. The van der Waals surface area contributed by atoms with Crippen LogP contribution in [-0.4, -0.2) is 13.0 Å². The van der Waals surface area contributed by atoms with Crippen LogP contribution in [0.25, 0.3) is 0 Å². The van der Waals surface area contributed by atoms with Crippen LogP contribution in [0.2, 0.25) is 5.02 Å². The second-order valence-electron chi connectivity index (χ2n) is 4.86. The van der Waals surface area contributed by atoms with Gasteiger partial charge in [-0.05, 0) is 42.0 Å². The highest BCUT2D eigenvalue weighted by Gasteiger charge is 2.09. The number of nitrogens with zero attached hydrogens (tertiary/aromatic N) is 1. The van der Waals surface area contributed by atoms with Gasteiger partial charge in [-0.1, -0.05) is 23.7 Å². The standard InChI is InChI=1S/C18H16ClN3O2/c1-24-17-7-5-16(6-8-17)22-18(23)14(10-20)12-21-11-13-3-2-4-15(19)9-13/h2-9,12,21H,11H2,1H3,(H,22,23)/b14-12-. The van der Waals surface area contributed by atoms with E-state index in [4.69, 9.17) is 21.6 Å². The predicted molar refractivity (Wildman–Crippen MR) is 93.6 cm³/mol. The number of nitrogens with one attached hydrogen (secondary N) is 2. The van der Waals surface area contributed by atoms with Crippen LogP contribution in [0.5, 0.6) is 5.75 Å². The van der Waals surface area contributed by atoms with Gasteiger partial charge in [0.05, 0.1) is 7.11 Å². The molecule has 24 heavy (non-hydrogen) atoms. The van der Waals surface area contributed by atoms with Crippen molar-refractivity contribution in [2.45, 2.75) is 6.54 Å². The summed E-state index contributed by atoms with van der Waals surface area (Å²) in [5.41, 5.74) is 1.51. The Balaban J connectivity index is 1.96. The van der Waals surface area contributed by atoms with Gasteiger partial charge in [0.15, 0.2) is 0 Å². The Morgan fingerprint density at radius 1 is 1.29 bits per heavy atom. The molecule has 5 nitrogen and oxygen atoms in total. The van der Waals surface area contributed by atoms with Crippen LogP contribution in [0, 0.1) is 11.3 Å². The fourth-order valence-corrected chi connectivity index (χ4v) is 2.15. The molecule has 0 atom stereocenters. The molecule has 0 heterocycles. The van der Waals surface area contributed by atoms with E-state index >= 15 is 0 Å². The minimum atomic E-state index is -0.485. The summed E-state index contributed by atoms with van der Waals surface area (Å²) in [7, 11) is 1.57.